The van der Waals surface area contributed by atoms with Crippen LogP contribution in [0.2, 0.25) is 0 Å². The van der Waals surface area contributed by atoms with Crippen molar-refractivity contribution in [3.63, 3.8) is 0 Å². The zero-order chi connectivity index (χ0) is 20.1. The van der Waals surface area contributed by atoms with Gasteiger partial charge in [0.05, 0.1) is 12.8 Å². The highest BCUT2D eigenvalue weighted by Crippen LogP contribution is 2.66. The van der Waals surface area contributed by atoms with Gasteiger partial charge in [-0.2, -0.15) is 0 Å². The largest absolute Gasteiger partial charge is 0.481 e. The number of carbonyl (C=O) groups is 3. The molecule has 156 valence electrons. The van der Waals surface area contributed by atoms with Gasteiger partial charge in [0.1, 0.15) is 11.9 Å². The SMILES string of the molecule is C[C@]12CCC(=O)CC1CCC1C2CC[C@]2(C)C(OC(=O)CCC(=O)O)CCC12. The van der Waals surface area contributed by atoms with Crippen LogP contribution in [-0.2, 0) is 19.1 Å². The van der Waals surface area contributed by atoms with Gasteiger partial charge in [-0.25, -0.2) is 0 Å². The van der Waals surface area contributed by atoms with E-state index in [1.54, 1.807) is 0 Å². The van der Waals surface area contributed by atoms with Crippen LogP contribution in [0.25, 0.3) is 0 Å². The Kier molecular flexibility index (Phi) is 5.08. The molecule has 4 fully saturated rings. The van der Waals surface area contributed by atoms with E-state index >= 15 is 0 Å². The second kappa shape index (κ2) is 7.14. The summed E-state index contributed by atoms with van der Waals surface area (Å²) in [5, 5.41) is 8.80. The molecular weight excluding hydrogens is 356 g/mol. The number of ketones is 1. The highest BCUT2D eigenvalue weighted by atomic mass is 16.5. The van der Waals surface area contributed by atoms with Crippen LogP contribution < -0.4 is 0 Å². The Morgan fingerprint density at radius 2 is 1.75 bits per heavy atom. The van der Waals surface area contributed by atoms with Crippen LogP contribution in [0.3, 0.4) is 0 Å². The first-order valence-corrected chi connectivity index (χ1v) is 11.2. The van der Waals surface area contributed by atoms with Gasteiger partial charge in [-0.15, -0.1) is 0 Å². The standard InChI is InChI=1S/C23H34O5/c1-22-11-9-15(24)13-14(22)3-4-16-17-5-6-19(23(17,2)12-10-18(16)22)28-21(27)8-7-20(25)26/h14,16-19H,3-13H2,1-2H3,(H,25,26)/t14?,16?,17?,18?,19?,22-,23-/m0/s1. The summed E-state index contributed by atoms with van der Waals surface area (Å²) in [6.45, 7) is 4.75. The van der Waals surface area contributed by atoms with E-state index in [-0.39, 0.29) is 30.3 Å². The van der Waals surface area contributed by atoms with E-state index < -0.39 is 5.97 Å². The van der Waals surface area contributed by atoms with Gasteiger partial charge in [0.15, 0.2) is 0 Å². The first kappa shape index (κ1) is 19.9. The molecule has 4 saturated carbocycles. The first-order valence-electron chi connectivity index (χ1n) is 11.2. The van der Waals surface area contributed by atoms with Crippen LogP contribution in [0.1, 0.15) is 84.5 Å². The maximum atomic E-state index is 12.2. The van der Waals surface area contributed by atoms with Crippen LogP contribution in [0, 0.1) is 34.5 Å². The van der Waals surface area contributed by atoms with Crippen LogP contribution in [0.4, 0.5) is 0 Å². The second-order valence-corrected chi connectivity index (χ2v) is 10.4. The fraction of sp³-hybridized carbons (Fsp3) is 0.870. The molecule has 0 amide bonds. The summed E-state index contributed by atoms with van der Waals surface area (Å²) in [5.74, 6) is 1.65. The normalized spacial score (nSPS) is 44.9. The molecule has 1 N–H and O–H groups in total. The van der Waals surface area contributed by atoms with Crippen LogP contribution >= 0.6 is 0 Å². The number of esters is 1. The summed E-state index contributed by atoms with van der Waals surface area (Å²) < 4.78 is 5.81. The topological polar surface area (TPSA) is 80.7 Å². The molecule has 0 bridgehead atoms. The number of aliphatic carboxylic acids is 1. The average molecular weight is 391 g/mol. The molecule has 5 heteroatoms. The van der Waals surface area contributed by atoms with E-state index in [2.05, 4.69) is 13.8 Å². The smallest absolute Gasteiger partial charge is 0.306 e. The molecule has 0 saturated heterocycles. The van der Waals surface area contributed by atoms with Crippen LogP contribution in [0.15, 0.2) is 0 Å². The van der Waals surface area contributed by atoms with Crippen molar-refractivity contribution in [2.75, 3.05) is 0 Å². The van der Waals surface area contributed by atoms with Gasteiger partial charge in [0, 0.05) is 18.3 Å². The number of carbonyl (C=O) groups excluding carboxylic acids is 2. The highest BCUT2D eigenvalue weighted by Gasteiger charge is 2.61. The number of carboxylic acid groups (broad SMARTS) is 1. The van der Waals surface area contributed by atoms with Crippen LogP contribution in [0.5, 0.6) is 0 Å². The molecule has 7 atom stereocenters. The Balaban J connectivity index is 1.47. The van der Waals surface area contributed by atoms with Gasteiger partial charge in [-0.3, -0.25) is 14.4 Å². The summed E-state index contributed by atoms with van der Waals surface area (Å²) in [6, 6.07) is 0. The fourth-order valence-electron chi connectivity index (χ4n) is 7.62. The predicted molar refractivity (Wildman–Crippen MR) is 103 cm³/mol. The molecule has 4 aliphatic rings. The minimum atomic E-state index is -0.955. The van der Waals surface area contributed by atoms with Crippen molar-refractivity contribution >= 4 is 17.7 Å². The third-order valence-corrected chi connectivity index (χ3v) is 9.21. The molecular formula is C23H34O5. The molecule has 0 heterocycles. The molecule has 0 aromatic heterocycles. The third kappa shape index (κ3) is 3.19. The van der Waals surface area contributed by atoms with Gasteiger partial charge < -0.3 is 9.84 Å². The second-order valence-electron chi connectivity index (χ2n) is 10.4. The summed E-state index contributed by atoms with van der Waals surface area (Å²) >= 11 is 0. The number of hydrogen-bond acceptors (Lipinski definition) is 4. The van der Waals surface area contributed by atoms with Crippen molar-refractivity contribution in [3.05, 3.63) is 0 Å². The molecule has 28 heavy (non-hydrogen) atoms. The lowest BCUT2D eigenvalue weighted by atomic mass is 9.45. The van der Waals surface area contributed by atoms with E-state index in [1.165, 1.54) is 19.3 Å². The van der Waals surface area contributed by atoms with Crippen molar-refractivity contribution < 1.29 is 24.2 Å². The van der Waals surface area contributed by atoms with Gasteiger partial charge in [-0.1, -0.05) is 13.8 Å². The third-order valence-electron chi connectivity index (χ3n) is 9.21. The quantitative estimate of drug-likeness (QED) is 0.721. The van der Waals surface area contributed by atoms with Gasteiger partial charge in [-0.05, 0) is 74.0 Å². The average Bonchev–Trinajstić information content (AvgIpc) is 2.97. The monoisotopic (exact) mass is 390 g/mol. The number of hydrogen-bond donors (Lipinski definition) is 1. The molecule has 0 aliphatic heterocycles. The highest BCUT2D eigenvalue weighted by molar-refractivity contribution is 5.79. The van der Waals surface area contributed by atoms with E-state index in [1.807, 2.05) is 0 Å². The Morgan fingerprint density at radius 3 is 2.50 bits per heavy atom. The molecule has 0 aromatic carbocycles. The minimum absolute atomic E-state index is 0.0216. The van der Waals surface area contributed by atoms with Gasteiger partial charge in [0.2, 0.25) is 0 Å². The van der Waals surface area contributed by atoms with Gasteiger partial charge >= 0.3 is 11.9 Å². The lowest BCUT2D eigenvalue weighted by Gasteiger charge is -2.60. The van der Waals surface area contributed by atoms with E-state index in [9.17, 15) is 14.4 Å². The molecule has 0 aromatic rings. The number of carboxylic acids is 1. The molecule has 4 rings (SSSR count). The zero-order valence-corrected chi connectivity index (χ0v) is 17.2. The van der Waals surface area contributed by atoms with E-state index in [0.717, 1.165) is 38.5 Å². The molecule has 5 nitrogen and oxygen atoms in total. The molecule has 4 aliphatic carbocycles. The van der Waals surface area contributed by atoms with Crippen molar-refractivity contribution in [2.24, 2.45) is 34.5 Å². The molecule has 0 spiro atoms. The lowest BCUT2D eigenvalue weighted by Crippen LogP contribution is -2.54. The Morgan fingerprint density at radius 1 is 1.00 bits per heavy atom. The summed E-state index contributed by atoms with van der Waals surface area (Å²) in [7, 11) is 0. The van der Waals surface area contributed by atoms with E-state index in [0.29, 0.717) is 34.9 Å². The Hall–Kier alpha value is -1.39. The van der Waals surface area contributed by atoms with Gasteiger partial charge in [0.25, 0.3) is 0 Å². The number of Topliss-reactive ketones (excluding diaryl/α,β-unsaturated/α-hetero) is 1. The predicted octanol–water partition coefficient (Wildman–Crippen LogP) is 4.37. The summed E-state index contributed by atoms with van der Waals surface area (Å²) in [6.07, 6.45) is 8.95. The van der Waals surface area contributed by atoms with Crippen molar-refractivity contribution in [1.82, 2.24) is 0 Å². The van der Waals surface area contributed by atoms with Crippen molar-refractivity contribution in [1.29, 1.82) is 0 Å². The first-order chi connectivity index (χ1) is 13.2. The Bertz CT molecular complexity index is 672. The summed E-state index contributed by atoms with van der Waals surface area (Å²) in [4.78, 5) is 34.9. The number of rotatable bonds is 4. The fourth-order valence-corrected chi connectivity index (χ4v) is 7.62. The number of fused-ring (bicyclic) bond motifs is 5. The van der Waals surface area contributed by atoms with Crippen molar-refractivity contribution in [3.8, 4) is 0 Å². The summed E-state index contributed by atoms with van der Waals surface area (Å²) in [5.41, 5.74) is 0.322. The Labute approximate surface area is 167 Å². The zero-order valence-electron chi connectivity index (χ0n) is 17.2. The van der Waals surface area contributed by atoms with E-state index in [4.69, 9.17) is 9.84 Å². The lowest BCUT2D eigenvalue weighted by molar-refractivity contribution is -0.165. The minimum Gasteiger partial charge on any atom is -0.481 e. The van der Waals surface area contributed by atoms with Crippen molar-refractivity contribution in [2.45, 2.75) is 90.6 Å². The number of ether oxygens (including phenoxy) is 1. The maximum Gasteiger partial charge on any atom is 0.306 e. The maximum absolute atomic E-state index is 12.2. The molecule has 5 unspecified atom stereocenters. The molecule has 0 radical (unpaired) electrons. The van der Waals surface area contributed by atoms with Crippen LogP contribution in [-0.4, -0.2) is 28.9 Å².